The first-order valence-corrected chi connectivity index (χ1v) is 9.94. The zero-order valence-electron chi connectivity index (χ0n) is 17.5. The lowest BCUT2D eigenvalue weighted by Crippen LogP contribution is -2.49. The van der Waals surface area contributed by atoms with Gasteiger partial charge in [-0.1, -0.05) is 37.1 Å². The van der Waals surface area contributed by atoms with Gasteiger partial charge < -0.3 is 43.2 Å². The van der Waals surface area contributed by atoms with Gasteiger partial charge in [0.05, 0.1) is 12.6 Å². The first kappa shape index (κ1) is 27.2. The van der Waals surface area contributed by atoms with Crippen molar-refractivity contribution in [3.8, 4) is 5.75 Å². The molecule has 0 aromatic heterocycles. The largest absolute Gasteiger partial charge is 0.491 e. The Kier molecular flexibility index (Phi) is 10.4. The zero-order chi connectivity index (χ0) is 23.1. The summed E-state index contributed by atoms with van der Waals surface area (Å²) in [6, 6.07) is 6.74. The van der Waals surface area contributed by atoms with Crippen molar-refractivity contribution in [3.63, 3.8) is 0 Å². The van der Waals surface area contributed by atoms with E-state index in [0.717, 1.165) is 16.9 Å². The van der Waals surface area contributed by atoms with E-state index in [4.69, 9.17) is 44.4 Å². The molecule has 1 unspecified atom stereocenters. The van der Waals surface area contributed by atoms with Crippen LogP contribution in [0.4, 0.5) is 0 Å². The highest BCUT2D eigenvalue weighted by atomic mass is 35.5. The standard InChI is InChI=1S/C19H28ClN7O4.ClH/c1-2-3-13(10-4-6-12(7-5-10)31-9-11(29)8-28)25-19(24)27-16(21)14(18(23)30)26-15(20)17(27)22;/h4-7,11,13,26,28-29H,2-3,8-9,21-22H2,1H3,(H2,23,30)(H2,24,25);1H/t11-,13?;/m1./s1. The number of nitrogens with two attached hydrogens (primary N) is 4. The second kappa shape index (κ2) is 12.2. The molecule has 0 saturated heterocycles. The lowest BCUT2D eigenvalue weighted by Gasteiger charge is -2.31. The van der Waals surface area contributed by atoms with Crippen LogP contribution in [-0.2, 0) is 4.79 Å². The molecule has 2 rings (SSSR count). The molecule has 0 aliphatic carbocycles. The number of hydrogen-bond donors (Lipinski definition) is 7. The first-order chi connectivity index (χ1) is 14.7. The molecule has 1 amide bonds. The molecule has 1 aliphatic rings. The molecule has 1 heterocycles. The fourth-order valence-electron chi connectivity index (χ4n) is 2.84. The summed E-state index contributed by atoms with van der Waals surface area (Å²) in [6.45, 7) is 1.59. The summed E-state index contributed by atoms with van der Waals surface area (Å²) < 4.78 is 5.41. The number of benzene rings is 1. The Hall–Kier alpha value is -2.86. The minimum Gasteiger partial charge on any atom is -0.491 e. The molecule has 178 valence electrons. The van der Waals surface area contributed by atoms with Gasteiger partial charge in [-0.3, -0.25) is 4.79 Å². The highest BCUT2D eigenvalue weighted by Gasteiger charge is 2.29. The summed E-state index contributed by atoms with van der Waals surface area (Å²) in [6.07, 6.45) is 0.526. The van der Waals surface area contributed by atoms with Gasteiger partial charge in [-0.05, 0) is 24.1 Å². The van der Waals surface area contributed by atoms with Crippen LogP contribution in [0.3, 0.4) is 0 Å². The highest BCUT2D eigenvalue weighted by molar-refractivity contribution is 6.30. The maximum atomic E-state index is 11.6. The van der Waals surface area contributed by atoms with E-state index < -0.39 is 12.0 Å². The van der Waals surface area contributed by atoms with E-state index in [-0.39, 0.29) is 60.1 Å². The zero-order valence-corrected chi connectivity index (χ0v) is 19.1. The van der Waals surface area contributed by atoms with Crippen molar-refractivity contribution in [2.75, 3.05) is 13.2 Å². The third-order valence-electron chi connectivity index (χ3n) is 4.44. The van der Waals surface area contributed by atoms with E-state index in [0.29, 0.717) is 12.2 Å². The van der Waals surface area contributed by atoms with Crippen molar-refractivity contribution in [3.05, 3.63) is 52.3 Å². The van der Waals surface area contributed by atoms with Crippen molar-refractivity contribution in [1.82, 2.24) is 10.2 Å². The Balaban J connectivity index is 0.00000512. The number of primary amides is 1. The second-order valence-electron chi connectivity index (χ2n) is 6.79. The Morgan fingerprint density at radius 2 is 1.88 bits per heavy atom. The van der Waals surface area contributed by atoms with E-state index in [1.165, 1.54) is 0 Å². The number of ether oxygens (including phenoxy) is 1. The van der Waals surface area contributed by atoms with Gasteiger partial charge >= 0.3 is 0 Å². The van der Waals surface area contributed by atoms with Gasteiger partial charge in [0, 0.05) is 0 Å². The molecule has 0 saturated carbocycles. The molecule has 0 bridgehead atoms. The fraction of sp³-hybridized carbons (Fsp3) is 0.368. The summed E-state index contributed by atoms with van der Waals surface area (Å²) in [5, 5.41) is 20.7. The minimum atomic E-state index is -0.954. The number of amides is 1. The van der Waals surface area contributed by atoms with E-state index >= 15 is 0 Å². The Bertz CT molecular complexity index is 890. The monoisotopic (exact) mass is 489 g/mol. The number of halogens is 2. The predicted molar refractivity (Wildman–Crippen MR) is 124 cm³/mol. The normalized spacial score (nSPS) is 16.2. The van der Waals surface area contributed by atoms with Crippen molar-refractivity contribution in [2.45, 2.75) is 31.9 Å². The Morgan fingerprint density at radius 1 is 1.25 bits per heavy atom. The molecule has 1 aromatic rings. The van der Waals surface area contributed by atoms with Gasteiger partial charge in [0.2, 0.25) is 5.96 Å². The van der Waals surface area contributed by atoms with Crippen molar-refractivity contribution in [2.24, 2.45) is 27.9 Å². The van der Waals surface area contributed by atoms with Gasteiger partial charge in [-0.15, -0.1) is 12.4 Å². The van der Waals surface area contributed by atoms with Crippen molar-refractivity contribution < 1.29 is 19.7 Å². The smallest absolute Gasteiger partial charge is 0.268 e. The lowest BCUT2D eigenvalue weighted by molar-refractivity contribution is -0.115. The van der Waals surface area contributed by atoms with Crippen LogP contribution in [0.15, 0.2) is 51.8 Å². The molecule has 0 radical (unpaired) electrons. The number of nitrogens with one attached hydrogen (secondary N) is 1. The number of hydrogen-bond acceptors (Lipinski definition) is 8. The molecule has 13 heteroatoms. The number of aliphatic hydroxyl groups is 2. The third kappa shape index (κ3) is 6.57. The van der Waals surface area contributed by atoms with Crippen LogP contribution in [0.5, 0.6) is 5.75 Å². The van der Waals surface area contributed by atoms with Crippen LogP contribution in [0, 0.1) is 0 Å². The van der Waals surface area contributed by atoms with Crippen LogP contribution >= 0.6 is 24.0 Å². The van der Waals surface area contributed by atoms with Gasteiger partial charge in [0.25, 0.3) is 5.91 Å². The number of aliphatic hydroxyl groups excluding tert-OH is 2. The van der Waals surface area contributed by atoms with Gasteiger partial charge in [-0.25, -0.2) is 9.89 Å². The van der Waals surface area contributed by atoms with E-state index in [1.807, 2.05) is 19.1 Å². The Labute approximate surface area is 197 Å². The maximum absolute atomic E-state index is 11.6. The highest BCUT2D eigenvalue weighted by Crippen LogP contribution is 2.27. The van der Waals surface area contributed by atoms with Crippen LogP contribution < -0.4 is 33.0 Å². The molecule has 0 spiro atoms. The number of rotatable bonds is 9. The minimum absolute atomic E-state index is 0. The van der Waals surface area contributed by atoms with E-state index in [2.05, 4.69) is 10.3 Å². The molecule has 1 aliphatic heterocycles. The fourth-order valence-corrected chi connectivity index (χ4v) is 3.02. The predicted octanol–water partition coefficient (Wildman–Crippen LogP) is -0.161. The Morgan fingerprint density at radius 3 is 2.41 bits per heavy atom. The maximum Gasteiger partial charge on any atom is 0.268 e. The van der Waals surface area contributed by atoms with E-state index in [1.54, 1.807) is 12.1 Å². The van der Waals surface area contributed by atoms with E-state index in [9.17, 15) is 9.90 Å². The van der Waals surface area contributed by atoms with Gasteiger partial charge in [-0.2, -0.15) is 0 Å². The summed E-state index contributed by atoms with van der Waals surface area (Å²) in [4.78, 5) is 17.3. The number of carbonyl (C=O) groups excluding carboxylic acids is 1. The average Bonchev–Trinajstić information content (AvgIpc) is 2.74. The van der Waals surface area contributed by atoms with Crippen LogP contribution in [-0.4, -0.2) is 46.3 Å². The van der Waals surface area contributed by atoms with Crippen LogP contribution in [0.25, 0.3) is 0 Å². The molecular formula is C19H29Cl2N7O4. The average molecular weight is 490 g/mol. The first-order valence-electron chi connectivity index (χ1n) is 9.56. The topological polar surface area (TPSA) is 198 Å². The van der Waals surface area contributed by atoms with Crippen LogP contribution in [0.2, 0.25) is 0 Å². The SMILES string of the molecule is CCCC(N=C(N)N1C(N)=C(Cl)NC(C(N)=O)=C1N)c1ccc(OC[C@H](O)CO)cc1.Cl. The summed E-state index contributed by atoms with van der Waals surface area (Å²) in [5.74, 6) is -0.488. The quantitative estimate of drug-likeness (QED) is 0.140. The van der Waals surface area contributed by atoms with Crippen LogP contribution in [0.1, 0.15) is 31.4 Å². The summed E-state index contributed by atoms with van der Waals surface area (Å²) >= 11 is 6.05. The summed E-state index contributed by atoms with van der Waals surface area (Å²) in [5.41, 5.74) is 24.2. The van der Waals surface area contributed by atoms with Crippen molar-refractivity contribution >= 4 is 35.9 Å². The molecular weight excluding hydrogens is 461 g/mol. The summed E-state index contributed by atoms with van der Waals surface area (Å²) in [7, 11) is 0. The molecule has 2 atom stereocenters. The second-order valence-corrected chi connectivity index (χ2v) is 7.17. The number of guanidine groups is 1. The third-order valence-corrected chi connectivity index (χ3v) is 4.73. The molecule has 0 fully saturated rings. The molecule has 11 nitrogen and oxygen atoms in total. The van der Waals surface area contributed by atoms with Crippen molar-refractivity contribution in [1.29, 1.82) is 0 Å². The number of nitrogens with zero attached hydrogens (tertiary/aromatic N) is 2. The molecule has 1 aromatic carbocycles. The number of aliphatic imine (C=N–C) groups is 1. The number of carbonyl (C=O) groups is 1. The van der Waals surface area contributed by atoms with Gasteiger partial charge in [0.15, 0.2) is 0 Å². The lowest BCUT2D eigenvalue weighted by atomic mass is 10.0. The van der Waals surface area contributed by atoms with Gasteiger partial charge in [0.1, 0.15) is 41.0 Å². The molecule has 11 N–H and O–H groups in total. The molecule has 32 heavy (non-hydrogen) atoms.